The first-order valence-electron chi connectivity index (χ1n) is 43.1. The van der Waals surface area contributed by atoms with Gasteiger partial charge in [-0.25, -0.2) is 4.79 Å². The number of aliphatic hydroxyl groups is 6. The van der Waals surface area contributed by atoms with E-state index in [2.05, 4.69) is 60.1 Å². The quantitative estimate of drug-likeness (QED) is 0.00544. The first-order valence-corrected chi connectivity index (χ1v) is 44.2. The second-order valence-electron chi connectivity index (χ2n) is 33.5. The number of thioether (sulfide) groups is 1. The molecule has 4 aliphatic rings. The highest BCUT2D eigenvalue weighted by molar-refractivity contribution is 8.00. The number of nitrogens with zero attached hydrogens (tertiary/aromatic N) is 1. The molecular formula is C90H114N13O29S+. The topological polar surface area (TPSA) is 680 Å². The van der Waals surface area contributed by atoms with Gasteiger partial charge in [0, 0.05) is 121 Å². The van der Waals surface area contributed by atoms with Gasteiger partial charge in [-0.3, -0.25) is 72.5 Å². The maximum Gasteiger partial charge on any atom is 0.407 e. The van der Waals surface area contributed by atoms with Crippen molar-refractivity contribution < 1.29 is 142 Å². The predicted molar refractivity (Wildman–Crippen MR) is 474 cm³/mol. The van der Waals surface area contributed by atoms with Crippen molar-refractivity contribution in [3.63, 3.8) is 0 Å². The summed E-state index contributed by atoms with van der Waals surface area (Å²) >= 11 is 1.39. The van der Waals surface area contributed by atoms with Crippen LogP contribution in [0.3, 0.4) is 0 Å². The number of likely N-dealkylation sites (N-methyl/N-ethyl adjacent to an activating group) is 1. The molecule has 133 heavy (non-hydrogen) atoms. The number of phenols is 4. The Morgan fingerprint density at radius 2 is 1.25 bits per heavy atom. The van der Waals surface area contributed by atoms with Crippen LogP contribution in [0.25, 0.3) is 0 Å². The fourth-order valence-corrected chi connectivity index (χ4v) is 17.4. The molecule has 718 valence electrons. The van der Waals surface area contributed by atoms with Crippen molar-refractivity contribution in [2.75, 3.05) is 64.2 Å². The molecule has 0 aromatic heterocycles. The highest BCUT2D eigenvalue weighted by Crippen LogP contribution is 2.52. The standard InChI is InChI=1S/C90H113N13O29S/c1-44(2)29-56(81(120)95-51-21-15-49(16-22-51)42-130-89(128)102-59-33-70(131-46(4)76(59)115)132-66-35-90(129,67(111)41-108)34-57-72(66)80(119)74-73(78(57)117)77(116)55-12-9-11-50(37-104)71(55)79(74)118)45(3)75(114)62(38-105)99-84(123)61(31-48-19-25-53(110)26-20-48)97-83(122)60(30-47-17-23-52(109)24-18-47)98-85(124)63(39-106)101-86(125)64(40-107)100-82(121)58(13-10-27-94-88(91)92)96-68(112)14-7-6-8-28-103-36-54(32-69(103)113)133-43-65(93-5)87(126)127/h9,11-12,15-26,37,44-46,54,56,58-66,70,76,93,105-108,115,129H,4,6-8,10,13-14,27-36,38-43H2,1-3,5H3,(H16-,91,92,94,95,96,97,98,99,100,101,102,104,109,110,112,116,117,118,119,120,121,122,123,124,125,126,127,128)/p+1. The zero-order chi connectivity index (χ0) is 97.4. The number of alkyl carbamates (subject to hydrolysis) is 1. The Labute approximate surface area is 767 Å². The van der Waals surface area contributed by atoms with Gasteiger partial charge in [-0.2, -0.15) is 11.8 Å². The summed E-state index contributed by atoms with van der Waals surface area (Å²) in [5, 5.41) is 151. The van der Waals surface area contributed by atoms with Crippen LogP contribution in [0.1, 0.15) is 161 Å². The molecule has 5 aromatic rings. The van der Waals surface area contributed by atoms with Crippen molar-refractivity contribution in [1.29, 1.82) is 5.41 Å². The number of ketones is 4. The van der Waals surface area contributed by atoms with Crippen LogP contribution in [0.4, 0.5) is 10.5 Å². The molecule has 2 fully saturated rings. The smallest absolute Gasteiger partial charge is 0.407 e. The summed E-state index contributed by atoms with van der Waals surface area (Å²) in [4.78, 5) is 207. The summed E-state index contributed by atoms with van der Waals surface area (Å²) in [6.07, 6.45) is -7.90. The van der Waals surface area contributed by atoms with E-state index in [0.717, 1.165) is 0 Å². The number of guanidine groups is 1. The Kier molecular flexibility index (Phi) is 37.6. The number of likely N-dealkylation sites (tertiary alicyclic amines) is 1. The number of carbonyl (C=O) groups excluding carboxylic acids is 14. The third-order valence-electron chi connectivity index (χ3n) is 23.4. The van der Waals surface area contributed by atoms with Crippen LogP contribution in [0.15, 0.2) is 91.0 Å². The molecule has 9 rings (SSSR count). The molecule has 2 saturated heterocycles. The number of ether oxygens (including phenoxy) is 3. The van der Waals surface area contributed by atoms with Crippen LogP contribution >= 0.6 is 11.8 Å². The maximum atomic E-state index is 14.8. The number of nitrogens with two attached hydrogens (primary N) is 1. The number of anilines is 1. The van der Waals surface area contributed by atoms with Crippen molar-refractivity contribution >= 4 is 112 Å². The normalized spacial score (nSPS) is 19.9. The fourth-order valence-electron chi connectivity index (χ4n) is 16.1. The SMILES string of the molecule is [CH2+]C1OC(OC2CC(O)(C(=O)CO)Cc3c(O)c4c(c(O)c32)C(=O)c2c(C=O)cccc2C4=O)CC(NC(=O)OCc2ccc(NC(=O)C(CC(C)C)C(C)C(=O)C(CO)NC(=O)C(Cc3ccc(O)cc3)NC(=O)C(Cc3ccc(O)cc3)NC(=O)C(CO)NC(=O)C(CO)NC(=O)C(CCCNC(=N)N)NC(=O)CCCCCN3CC(SCC(NC)C(=O)O)CC3=O)cc2)C1O. The van der Waals surface area contributed by atoms with Gasteiger partial charge >= 0.3 is 12.1 Å². The van der Waals surface area contributed by atoms with E-state index in [1.165, 1.54) is 117 Å². The number of aliphatic carboxylic acids is 1. The summed E-state index contributed by atoms with van der Waals surface area (Å²) in [5.74, 6) is -16.8. The van der Waals surface area contributed by atoms with Crippen molar-refractivity contribution in [2.24, 2.45) is 23.5 Å². The number of aromatic hydroxyl groups is 4. The number of hydrogen-bond acceptors (Lipinski definition) is 31. The number of benzene rings is 5. The summed E-state index contributed by atoms with van der Waals surface area (Å²) in [6, 6.07) is 8.11. The minimum Gasteiger partial charge on any atom is -0.508 e. The molecule has 0 radical (unpaired) electrons. The molecule has 0 saturated carbocycles. The molecule has 9 amide bonds. The van der Waals surface area contributed by atoms with E-state index in [1.807, 2.05) is 0 Å². The second kappa shape index (κ2) is 48.1. The van der Waals surface area contributed by atoms with Crippen molar-refractivity contribution in [3.05, 3.63) is 154 Å². The van der Waals surface area contributed by atoms with Crippen molar-refractivity contribution in [2.45, 2.75) is 195 Å². The van der Waals surface area contributed by atoms with Gasteiger partial charge in [0.05, 0.1) is 50.0 Å². The Hall–Kier alpha value is -12.7. The lowest BCUT2D eigenvalue weighted by Gasteiger charge is -2.41. The molecule has 2 aliphatic carbocycles. The van der Waals surface area contributed by atoms with Crippen molar-refractivity contribution in [3.8, 4) is 23.0 Å². The number of carboxylic acid groups (broad SMARTS) is 1. The van der Waals surface area contributed by atoms with E-state index < -0.39 is 254 Å². The van der Waals surface area contributed by atoms with Gasteiger partial charge in [-0.05, 0) is 98.2 Å². The molecule has 0 spiro atoms. The van der Waals surface area contributed by atoms with Crippen LogP contribution < -0.4 is 58.9 Å². The summed E-state index contributed by atoms with van der Waals surface area (Å²) < 4.78 is 17.6. The number of carboxylic acids is 1. The van der Waals surface area contributed by atoms with Gasteiger partial charge in [-0.15, -0.1) is 0 Å². The molecule has 5 aromatic carbocycles. The Morgan fingerprint density at radius 1 is 0.684 bits per heavy atom. The first-order chi connectivity index (χ1) is 63.2. The summed E-state index contributed by atoms with van der Waals surface area (Å²) in [5.41, 5.74) is 1.13. The van der Waals surface area contributed by atoms with Gasteiger partial charge in [0.2, 0.25) is 53.4 Å². The Balaban J connectivity index is 0.809. The zero-order valence-corrected chi connectivity index (χ0v) is 74.3. The molecule has 2 aliphatic heterocycles. The number of fused-ring (bicyclic) bond motifs is 3. The van der Waals surface area contributed by atoms with E-state index in [1.54, 1.807) is 18.7 Å². The number of amides is 9. The number of aliphatic hydroxyl groups excluding tert-OH is 5. The van der Waals surface area contributed by atoms with Gasteiger partial charge in [0.25, 0.3) is 0 Å². The average Bonchev–Trinajstić information content (AvgIpc) is 0.797. The van der Waals surface area contributed by atoms with Gasteiger partial charge in [0.1, 0.15) is 90.2 Å². The predicted octanol–water partition coefficient (Wildman–Crippen LogP) is -0.994. The van der Waals surface area contributed by atoms with E-state index in [-0.39, 0.29) is 113 Å². The Bertz CT molecular complexity index is 5090. The number of Topliss-reactive ketones (excluding diaryl/α,β-unsaturated/α-hetero) is 2. The molecule has 42 nitrogen and oxygen atoms in total. The van der Waals surface area contributed by atoms with Crippen LogP contribution in [0, 0.1) is 30.1 Å². The largest absolute Gasteiger partial charge is 0.508 e. The number of carbonyl (C=O) groups is 15. The highest BCUT2D eigenvalue weighted by Gasteiger charge is 2.52. The lowest BCUT2D eigenvalue weighted by molar-refractivity contribution is -0.243. The molecule has 16 atom stereocenters. The van der Waals surface area contributed by atoms with E-state index in [9.17, 15) is 128 Å². The molecule has 43 heteroatoms. The third kappa shape index (κ3) is 27.5. The minimum atomic E-state index is -2.52. The maximum absolute atomic E-state index is 14.8. The fraction of sp³-hybridized carbons (Fsp3) is 0.478. The van der Waals surface area contributed by atoms with Crippen molar-refractivity contribution in [1.82, 2.24) is 52.8 Å². The number of rotatable bonds is 48. The third-order valence-corrected chi connectivity index (χ3v) is 24.7. The second-order valence-corrected chi connectivity index (χ2v) is 34.8. The van der Waals surface area contributed by atoms with E-state index in [4.69, 9.17) is 25.4 Å². The number of unbranched alkanes of at least 4 members (excludes halogenated alkanes) is 2. The molecular weight excluding hydrogens is 1760 g/mol. The van der Waals surface area contributed by atoms with E-state index in [0.29, 0.717) is 55.3 Å². The molecule has 2 heterocycles. The zero-order valence-electron chi connectivity index (χ0n) is 73.4. The highest BCUT2D eigenvalue weighted by atomic mass is 32.2. The monoisotopic (exact) mass is 1870 g/mol. The number of phenolic OH excluding ortho intramolecular Hbond substituents is 4. The Morgan fingerprint density at radius 3 is 1.80 bits per heavy atom. The van der Waals surface area contributed by atoms with Gasteiger partial charge < -0.3 is 134 Å². The average molecular weight is 1870 g/mol. The van der Waals surface area contributed by atoms with Gasteiger partial charge in [0.15, 0.2) is 41.7 Å². The van der Waals surface area contributed by atoms with Crippen LogP contribution in [-0.2, 0) is 92.8 Å². The van der Waals surface area contributed by atoms with Crippen LogP contribution in [0.5, 0.6) is 23.0 Å². The number of aldehydes is 1. The van der Waals surface area contributed by atoms with Crippen LogP contribution in [0.2, 0.25) is 0 Å². The first kappa shape index (κ1) is 104. The number of nitrogens with one attached hydrogen (secondary N) is 11. The minimum absolute atomic E-state index is 0.0685. The molecule has 0 bridgehead atoms. The molecule has 16 unspecified atom stereocenters. The van der Waals surface area contributed by atoms with Crippen LogP contribution in [-0.4, -0.2) is 292 Å². The van der Waals surface area contributed by atoms with E-state index >= 15 is 0 Å². The lowest BCUT2D eigenvalue weighted by Crippen LogP contribution is -2.61. The lowest BCUT2D eigenvalue weighted by atomic mass is 9.71. The summed E-state index contributed by atoms with van der Waals surface area (Å²) in [6.45, 7) is 4.79. The molecule has 24 N–H and O–H groups in total. The number of hydrogen-bond donors (Lipinski definition) is 23. The van der Waals surface area contributed by atoms with Gasteiger partial charge in [-0.1, -0.05) is 81.8 Å². The summed E-state index contributed by atoms with van der Waals surface area (Å²) in [7, 11) is 1.54.